The van der Waals surface area contributed by atoms with E-state index in [4.69, 9.17) is 9.84 Å². The van der Waals surface area contributed by atoms with Crippen molar-refractivity contribution in [2.45, 2.75) is 46.5 Å². The van der Waals surface area contributed by atoms with Gasteiger partial charge in [-0.2, -0.15) is 5.10 Å². The summed E-state index contributed by atoms with van der Waals surface area (Å²) in [5, 5.41) is 4.83. The fraction of sp³-hybridized carbons (Fsp3) is 0.450. The van der Waals surface area contributed by atoms with E-state index in [0.717, 1.165) is 17.1 Å². The van der Waals surface area contributed by atoms with E-state index in [1.807, 2.05) is 18.2 Å². The minimum absolute atomic E-state index is 0.489. The summed E-state index contributed by atoms with van der Waals surface area (Å²) in [4.78, 5) is 0. The second kappa shape index (κ2) is 6.23. The average molecular weight is 310 g/mol. The van der Waals surface area contributed by atoms with Gasteiger partial charge in [-0.3, -0.25) is 0 Å². The molecular formula is C20H26N2O. The van der Waals surface area contributed by atoms with Crippen molar-refractivity contribution in [3.8, 4) is 11.4 Å². The van der Waals surface area contributed by atoms with Gasteiger partial charge in [-0.05, 0) is 51.7 Å². The first-order valence-electron chi connectivity index (χ1n) is 8.40. The number of benzene rings is 1. The molecule has 1 aromatic carbocycles. The largest absolute Gasteiger partial charge is 0.497 e. The number of hydrogen-bond acceptors (Lipinski definition) is 2. The van der Waals surface area contributed by atoms with Gasteiger partial charge in [0.05, 0.1) is 18.5 Å². The Morgan fingerprint density at radius 1 is 1.22 bits per heavy atom. The van der Waals surface area contributed by atoms with Crippen LogP contribution in [-0.4, -0.2) is 16.9 Å². The lowest BCUT2D eigenvalue weighted by atomic mass is 9.75. The molecule has 1 aliphatic carbocycles. The molecule has 1 heterocycles. The van der Waals surface area contributed by atoms with Crippen LogP contribution < -0.4 is 4.74 Å². The van der Waals surface area contributed by atoms with Gasteiger partial charge >= 0.3 is 0 Å². The molecule has 3 rings (SSSR count). The van der Waals surface area contributed by atoms with Crippen molar-refractivity contribution in [1.29, 1.82) is 0 Å². The summed E-state index contributed by atoms with van der Waals surface area (Å²) in [6, 6.07) is 8.10. The summed E-state index contributed by atoms with van der Waals surface area (Å²) in [5.74, 6) is 2.02. The van der Waals surface area contributed by atoms with Crippen LogP contribution in [0.1, 0.15) is 49.6 Å². The van der Waals surface area contributed by atoms with Gasteiger partial charge in [-0.1, -0.05) is 24.6 Å². The Morgan fingerprint density at radius 3 is 2.70 bits per heavy atom. The van der Waals surface area contributed by atoms with Crippen molar-refractivity contribution in [1.82, 2.24) is 9.78 Å². The summed E-state index contributed by atoms with van der Waals surface area (Å²) in [5.41, 5.74) is 6.31. The Bertz CT molecular complexity index is 742. The van der Waals surface area contributed by atoms with Crippen LogP contribution in [0, 0.1) is 19.8 Å². The van der Waals surface area contributed by atoms with E-state index in [1.54, 1.807) is 7.11 Å². The van der Waals surface area contributed by atoms with Crippen molar-refractivity contribution in [2.75, 3.05) is 7.11 Å². The highest BCUT2D eigenvalue weighted by Crippen LogP contribution is 2.41. The quantitative estimate of drug-likeness (QED) is 0.749. The molecule has 0 aliphatic heterocycles. The maximum absolute atomic E-state index is 5.35. The second-order valence-corrected chi connectivity index (χ2v) is 6.68. The fourth-order valence-electron chi connectivity index (χ4n) is 3.93. The van der Waals surface area contributed by atoms with Crippen LogP contribution in [0.5, 0.6) is 5.75 Å². The highest BCUT2D eigenvalue weighted by Gasteiger charge is 2.29. The molecule has 0 spiro atoms. The number of rotatable bonds is 3. The number of nitrogens with zero attached hydrogens (tertiary/aromatic N) is 2. The van der Waals surface area contributed by atoms with Crippen LogP contribution >= 0.6 is 0 Å². The number of aryl methyl sites for hydroxylation is 1. The first kappa shape index (κ1) is 15.9. The summed E-state index contributed by atoms with van der Waals surface area (Å²) in [6.45, 7) is 8.95. The lowest BCUT2D eigenvalue weighted by molar-refractivity contribution is 0.414. The second-order valence-electron chi connectivity index (χ2n) is 6.68. The van der Waals surface area contributed by atoms with E-state index in [2.05, 4.69) is 44.5 Å². The summed E-state index contributed by atoms with van der Waals surface area (Å²) >= 11 is 0. The zero-order valence-corrected chi connectivity index (χ0v) is 14.8. The summed E-state index contributed by atoms with van der Waals surface area (Å²) in [7, 11) is 1.70. The Morgan fingerprint density at radius 2 is 2.00 bits per heavy atom. The van der Waals surface area contributed by atoms with E-state index >= 15 is 0 Å². The van der Waals surface area contributed by atoms with Crippen LogP contribution in [0.25, 0.3) is 5.69 Å². The third-order valence-electron chi connectivity index (χ3n) is 5.10. The molecule has 122 valence electrons. The first-order chi connectivity index (χ1) is 11.0. The lowest BCUT2D eigenvalue weighted by Crippen LogP contribution is -2.16. The number of aromatic nitrogens is 2. The van der Waals surface area contributed by atoms with Crippen molar-refractivity contribution in [3.05, 3.63) is 52.9 Å². The van der Waals surface area contributed by atoms with Gasteiger partial charge in [0.2, 0.25) is 0 Å². The molecule has 1 aliphatic rings. The van der Waals surface area contributed by atoms with Gasteiger partial charge < -0.3 is 4.74 Å². The lowest BCUT2D eigenvalue weighted by Gasteiger charge is -2.29. The number of hydrogen-bond donors (Lipinski definition) is 0. The molecule has 0 saturated carbocycles. The van der Waals surface area contributed by atoms with Crippen molar-refractivity contribution in [2.24, 2.45) is 5.92 Å². The van der Waals surface area contributed by atoms with Gasteiger partial charge in [-0.15, -0.1) is 0 Å². The number of allylic oxidation sites excluding steroid dienone is 2. The minimum Gasteiger partial charge on any atom is -0.497 e. The van der Waals surface area contributed by atoms with Gasteiger partial charge in [0.1, 0.15) is 5.75 Å². The van der Waals surface area contributed by atoms with Crippen molar-refractivity contribution >= 4 is 0 Å². The monoisotopic (exact) mass is 310 g/mol. The molecule has 0 N–H and O–H groups in total. The van der Waals surface area contributed by atoms with Gasteiger partial charge in [0.15, 0.2) is 0 Å². The Hall–Kier alpha value is -2.03. The van der Waals surface area contributed by atoms with Gasteiger partial charge in [-0.25, -0.2) is 4.68 Å². The fourth-order valence-corrected chi connectivity index (χ4v) is 3.93. The topological polar surface area (TPSA) is 27.1 Å². The highest BCUT2D eigenvalue weighted by atomic mass is 16.5. The van der Waals surface area contributed by atoms with Crippen LogP contribution in [0.3, 0.4) is 0 Å². The molecule has 0 fully saturated rings. The van der Waals surface area contributed by atoms with Crippen molar-refractivity contribution in [3.63, 3.8) is 0 Å². The van der Waals surface area contributed by atoms with Crippen LogP contribution in [-0.2, 0) is 0 Å². The minimum atomic E-state index is 0.489. The highest BCUT2D eigenvalue weighted by molar-refractivity contribution is 5.44. The molecule has 0 saturated heterocycles. The predicted octanol–water partition coefficient (Wildman–Crippen LogP) is 4.96. The van der Waals surface area contributed by atoms with E-state index < -0.39 is 0 Å². The van der Waals surface area contributed by atoms with Crippen LogP contribution in [0.2, 0.25) is 0 Å². The molecular weight excluding hydrogens is 284 g/mol. The predicted molar refractivity (Wildman–Crippen MR) is 94.5 cm³/mol. The number of methoxy groups -OCH3 is 1. The van der Waals surface area contributed by atoms with E-state index in [0.29, 0.717) is 11.8 Å². The maximum Gasteiger partial charge on any atom is 0.121 e. The van der Waals surface area contributed by atoms with Gasteiger partial charge in [0, 0.05) is 23.2 Å². The standard InChI is InChI=1S/C20H26N2O/c1-13-8-6-9-14(2)19(13)20-15(3)21-22(16(20)4)17-10-7-11-18(12-17)23-5/h7-8,10-12,14,19H,6,9H2,1-5H3. The molecule has 0 bridgehead atoms. The number of ether oxygens (including phenoxy) is 1. The molecule has 3 heteroatoms. The third kappa shape index (κ3) is 2.80. The summed E-state index contributed by atoms with van der Waals surface area (Å²) < 4.78 is 7.41. The molecule has 2 atom stereocenters. The van der Waals surface area contributed by atoms with Crippen LogP contribution in [0.15, 0.2) is 35.9 Å². The Labute approximate surface area is 139 Å². The molecule has 2 aromatic rings. The molecule has 0 amide bonds. The molecule has 1 aromatic heterocycles. The van der Waals surface area contributed by atoms with Crippen molar-refractivity contribution < 1.29 is 4.74 Å². The normalized spacial score (nSPS) is 21.2. The smallest absolute Gasteiger partial charge is 0.121 e. The molecule has 23 heavy (non-hydrogen) atoms. The molecule has 0 radical (unpaired) electrons. The zero-order chi connectivity index (χ0) is 16.6. The Kier molecular flexibility index (Phi) is 4.29. The molecule has 2 unspecified atom stereocenters. The first-order valence-corrected chi connectivity index (χ1v) is 8.40. The zero-order valence-electron chi connectivity index (χ0n) is 14.8. The van der Waals surface area contributed by atoms with E-state index in [9.17, 15) is 0 Å². The Balaban J connectivity index is 2.09. The van der Waals surface area contributed by atoms with E-state index in [1.165, 1.54) is 29.7 Å². The third-order valence-corrected chi connectivity index (χ3v) is 5.10. The summed E-state index contributed by atoms with van der Waals surface area (Å²) in [6.07, 6.45) is 4.85. The maximum atomic E-state index is 5.35. The SMILES string of the molecule is COc1cccc(-n2nc(C)c(C3C(C)=CCCC3C)c2C)c1. The molecule has 3 nitrogen and oxygen atoms in total. The average Bonchev–Trinajstić information content (AvgIpc) is 2.83. The van der Waals surface area contributed by atoms with E-state index in [-0.39, 0.29) is 0 Å². The van der Waals surface area contributed by atoms with Gasteiger partial charge in [0.25, 0.3) is 0 Å². The van der Waals surface area contributed by atoms with Crippen LogP contribution in [0.4, 0.5) is 0 Å².